The molecule has 1 atom stereocenters. The molecule has 0 radical (unpaired) electrons. The fraction of sp³-hybridized carbons (Fsp3) is 0.250. The van der Waals surface area contributed by atoms with E-state index in [1.54, 1.807) is 4.68 Å². The molecule has 0 aliphatic carbocycles. The summed E-state index contributed by atoms with van der Waals surface area (Å²) < 4.78 is 7.57. The summed E-state index contributed by atoms with van der Waals surface area (Å²) in [4.78, 5) is 12.3. The number of Topliss-reactive ketones (excluding diaryl/α,β-unsaturated/α-hetero) is 1. The predicted octanol–water partition coefficient (Wildman–Crippen LogP) is 3.26. The van der Waals surface area contributed by atoms with Gasteiger partial charge in [0.15, 0.2) is 5.78 Å². The molecular formula is C16H16N2O2. The van der Waals surface area contributed by atoms with Crippen LogP contribution in [0.4, 0.5) is 0 Å². The van der Waals surface area contributed by atoms with E-state index in [4.69, 9.17) is 4.74 Å². The number of fused-ring (bicyclic) bond motifs is 1. The minimum atomic E-state index is -0.118. The van der Waals surface area contributed by atoms with Gasteiger partial charge in [0, 0.05) is 6.42 Å². The van der Waals surface area contributed by atoms with Crippen LogP contribution < -0.4 is 4.74 Å². The van der Waals surface area contributed by atoms with Crippen LogP contribution in [0.15, 0.2) is 36.4 Å². The van der Waals surface area contributed by atoms with Crippen molar-refractivity contribution in [2.45, 2.75) is 26.4 Å². The standard InChI is InChI=1S/C16H16N2O2/c1-3-7-13-15-14(19)10-11(2)20-16(15)18(17-13)12-8-5-4-6-9-12/h3-9,11H,10H2,1-2H3/b7-3-/t11-/m1/s1. The van der Waals surface area contributed by atoms with Crippen LogP contribution in [0, 0.1) is 0 Å². The zero-order chi connectivity index (χ0) is 14.1. The van der Waals surface area contributed by atoms with Crippen molar-refractivity contribution in [2.75, 3.05) is 0 Å². The molecule has 1 aromatic carbocycles. The number of aromatic nitrogens is 2. The number of hydrogen-bond donors (Lipinski definition) is 0. The van der Waals surface area contributed by atoms with Gasteiger partial charge < -0.3 is 4.74 Å². The Labute approximate surface area is 117 Å². The number of carbonyl (C=O) groups excluding carboxylic acids is 1. The number of para-hydroxylation sites is 1. The van der Waals surface area contributed by atoms with E-state index in [9.17, 15) is 4.79 Å². The van der Waals surface area contributed by atoms with Crippen LogP contribution in [0.2, 0.25) is 0 Å². The number of carbonyl (C=O) groups is 1. The summed E-state index contributed by atoms with van der Waals surface area (Å²) in [7, 11) is 0. The van der Waals surface area contributed by atoms with Crippen molar-refractivity contribution in [3.8, 4) is 11.6 Å². The van der Waals surface area contributed by atoms with Gasteiger partial charge in [-0.3, -0.25) is 4.79 Å². The van der Waals surface area contributed by atoms with Crippen molar-refractivity contribution >= 4 is 11.9 Å². The van der Waals surface area contributed by atoms with E-state index < -0.39 is 0 Å². The molecule has 1 aromatic heterocycles. The maximum Gasteiger partial charge on any atom is 0.228 e. The normalized spacial score (nSPS) is 18.1. The van der Waals surface area contributed by atoms with Gasteiger partial charge in [0.1, 0.15) is 17.4 Å². The first-order chi connectivity index (χ1) is 9.70. The van der Waals surface area contributed by atoms with E-state index >= 15 is 0 Å². The molecule has 0 amide bonds. The molecule has 4 heteroatoms. The van der Waals surface area contributed by atoms with Crippen LogP contribution in [-0.2, 0) is 0 Å². The highest BCUT2D eigenvalue weighted by molar-refractivity contribution is 6.02. The number of nitrogens with zero attached hydrogens (tertiary/aromatic N) is 2. The minimum absolute atomic E-state index is 0.0917. The number of allylic oxidation sites excluding steroid dienone is 1. The highest BCUT2D eigenvalue weighted by atomic mass is 16.5. The molecule has 0 saturated carbocycles. The zero-order valence-electron chi connectivity index (χ0n) is 11.5. The number of benzene rings is 1. The van der Waals surface area contributed by atoms with Gasteiger partial charge in [-0.25, -0.2) is 0 Å². The molecule has 0 spiro atoms. The summed E-state index contributed by atoms with van der Waals surface area (Å²) >= 11 is 0. The second-order valence-corrected chi connectivity index (χ2v) is 4.87. The Balaban J connectivity index is 2.22. The van der Waals surface area contributed by atoms with Crippen molar-refractivity contribution in [3.05, 3.63) is 47.7 Å². The largest absolute Gasteiger partial charge is 0.474 e. The highest BCUT2D eigenvalue weighted by Crippen LogP contribution is 2.33. The number of ether oxygens (including phenoxy) is 1. The molecule has 20 heavy (non-hydrogen) atoms. The Bertz CT molecular complexity index is 671. The van der Waals surface area contributed by atoms with Crippen LogP contribution in [-0.4, -0.2) is 21.7 Å². The summed E-state index contributed by atoms with van der Waals surface area (Å²) in [5, 5.41) is 4.52. The molecule has 1 aliphatic heterocycles. The molecule has 0 bridgehead atoms. The average molecular weight is 268 g/mol. The Morgan fingerprint density at radius 3 is 2.80 bits per heavy atom. The topological polar surface area (TPSA) is 44.1 Å². The molecule has 0 fully saturated rings. The maximum atomic E-state index is 12.3. The lowest BCUT2D eigenvalue weighted by molar-refractivity contribution is 0.0861. The first-order valence-electron chi connectivity index (χ1n) is 6.71. The third-order valence-corrected chi connectivity index (χ3v) is 3.26. The zero-order valence-corrected chi connectivity index (χ0v) is 11.5. The predicted molar refractivity (Wildman–Crippen MR) is 77.3 cm³/mol. The highest BCUT2D eigenvalue weighted by Gasteiger charge is 2.31. The van der Waals surface area contributed by atoms with Crippen molar-refractivity contribution < 1.29 is 9.53 Å². The average Bonchev–Trinajstić information content (AvgIpc) is 2.79. The molecule has 0 saturated heterocycles. The van der Waals surface area contributed by atoms with Gasteiger partial charge in [-0.05, 0) is 32.1 Å². The van der Waals surface area contributed by atoms with E-state index in [1.165, 1.54) is 0 Å². The van der Waals surface area contributed by atoms with E-state index in [2.05, 4.69) is 5.10 Å². The summed E-state index contributed by atoms with van der Waals surface area (Å²) in [6.07, 6.45) is 4.00. The molecule has 0 unspecified atom stereocenters. The van der Waals surface area contributed by atoms with Crippen LogP contribution in [0.25, 0.3) is 11.8 Å². The van der Waals surface area contributed by atoms with Crippen LogP contribution in [0.5, 0.6) is 5.88 Å². The fourth-order valence-corrected chi connectivity index (χ4v) is 2.40. The first kappa shape index (κ1) is 12.7. The molecule has 102 valence electrons. The molecule has 4 nitrogen and oxygen atoms in total. The summed E-state index contributed by atoms with van der Waals surface area (Å²) in [6, 6.07) is 9.71. The monoisotopic (exact) mass is 268 g/mol. The van der Waals surface area contributed by atoms with Gasteiger partial charge in [0.25, 0.3) is 0 Å². The van der Waals surface area contributed by atoms with Crippen LogP contribution >= 0.6 is 0 Å². The number of hydrogen-bond acceptors (Lipinski definition) is 3. The number of ketones is 1. The van der Waals surface area contributed by atoms with Crippen LogP contribution in [0.3, 0.4) is 0 Å². The van der Waals surface area contributed by atoms with E-state index in [0.717, 1.165) is 5.69 Å². The molecule has 1 aliphatic rings. The van der Waals surface area contributed by atoms with E-state index in [0.29, 0.717) is 23.6 Å². The molecule has 3 rings (SSSR count). The Hall–Kier alpha value is -2.36. The van der Waals surface area contributed by atoms with Crippen molar-refractivity contribution in [2.24, 2.45) is 0 Å². The number of rotatable bonds is 2. The van der Waals surface area contributed by atoms with Crippen molar-refractivity contribution in [3.63, 3.8) is 0 Å². The molecule has 2 heterocycles. The van der Waals surface area contributed by atoms with Crippen molar-refractivity contribution in [1.29, 1.82) is 0 Å². The molecule has 0 N–H and O–H groups in total. The lowest BCUT2D eigenvalue weighted by Gasteiger charge is -2.20. The summed E-state index contributed by atoms with van der Waals surface area (Å²) in [6.45, 7) is 3.81. The third-order valence-electron chi connectivity index (χ3n) is 3.26. The van der Waals surface area contributed by atoms with Gasteiger partial charge in [-0.15, -0.1) is 0 Å². The van der Waals surface area contributed by atoms with Gasteiger partial charge in [-0.2, -0.15) is 9.78 Å². The third kappa shape index (κ3) is 2.03. The Morgan fingerprint density at radius 1 is 1.35 bits per heavy atom. The fourth-order valence-electron chi connectivity index (χ4n) is 2.40. The second-order valence-electron chi connectivity index (χ2n) is 4.87. The summed E-state index contributed by atoms with van der Waals surface area (Å²) in [5.74, 6) is 0.641. The Morgan fingerprint density at radius 2 is 2.10 bits per heavy atom. The van der Waals surface area contributed by atoms with Gasteiger partial charge in [0.05, 0.1) is 5.69 Å². The van der Waals surface area contributed by atoms with Gasteiger partial charge >= 0.3 is 0 Å². The van der Waals surface area contributed by atoms with Gasteiger partial charge in [-0.1, -0.05) is 24.3 Å². The van der Waals surface area contributed by atoms with E-state index in [1.807, 2.05) is 56.3 Å². The first-order valence-corrected chi connectivity index (χ1v) is 6.71. The quantitative estimate of drug-likeness (QED) is 0.839. The van der Waals surface area contributed by atoms with Gasteiger partial charge in [0.2, 0.25) is 5.88 Å². The SMILES string of the molecule is C/C=C\c1nn(-c2ccccc2)c2c1C(=O)C[C@@H](C)O2. The maximum absolute atomic E-state index is 12.3. The molecular weight excluding hydrogens is 252 g/mol. The smallest absolute Gasteiger partial charge is 0.228 e. The summed E-state index contributed by atoms with van der Waals surface area (Å²) in [5.41, 5.74) is 2.15. The van der Waals surface area contributed by atoms with E-state index in [-0.39, 0.29) is 11.9 Å². The van der Waals surface area contributed by atoms with Crippen molar-refractivity contribution in [1.82, 2.24) is 9.78 Å². The Kier molecular flexibility index (Phi) is 3.14. The lowest BCUT2D eigenvalue weighted by atomic mass is 10.0. The minimum Gasteiger partial charge on any atom is -0.474 e. The van der Waals surface area contributed by atoms with Crippen LogP contribution in [0.1, 0.15) is 36.3 Å². The second kappa shape index (κ2) is 4.96. The molecule has 2 aromatic rings. The lowest BCUT2D eigenvalue weighted by Crippen LogP contribution is -2.25.